The highest BCUT2D eigenvalue weighted by Gasteiger charge is 2.32. The number of aromatic nitrogens is 1. The summed E-state index contributed by atoms with van der Waals surface area (Å²) >= 11 is 2.80. The number of rotatable bonds is 2. The molecule has 0 bridgehead atoms. The van der Waals surface area contributed by atoms with Gasteiger partial charge in [-0.05, 0) is 6.07 Å². The molecule has 90 valence electrons. The van der Waals surface area contributed by atoms with Crippen LogP contribution in [0.2, 0.25) is 0 Å². The van der Waals surface area contributed by atoms with Crippen LogP contribution in [0.15, 0.2) is 21.6 Å². The minimum Gasteiger partial charge on any atom is -0.388 e. The summed E-state index contributed by atoms with van der Waals surface area (Å²) in [6.07, 6.45) is -4.96. The minimum absolute atomic E-state index is 0.0426. The molecule has 16 heavy (non-hydrogen) atoms. The largest absolute Gasteiger partial charge is 0.574 e. The molecule has 0 saturated heterocycles. The van der Waals surface area contributed by atoms with E-state index in [0.29, 0.717) is 0 Å². The van der Waals surface area contributed by atoms with E-state index in [2.05, 4.69) is 25.7 Å². The minimum atomic E-state index is -4.96. The van der Waals surface area contributed by atoms with Crippen LogP contribution in [-0.2, 0) is 9.05 Å². The zero-order chi connectivity index (χ0) is 12.6. The standard InChI is InChI=1S/C6H2BrClF3NO3S/c7-3-1-4(15-6(9,10)11)12-5(2-3)16(8,13)14/h1-2H. The quantitative estimate of drug-likeness (QED) is 0.777. The SMILES string of the molecule is O=S(=O)(Cl)c1cc(Br)cc(OC(F)(F)F)n1. The van der Waals surface area contributed by atoms with Crippen molar-refractivity contribution in [2.24, 2.45) is 0 Å². The Morgan fingerprint density at radius 2 is 1.94 bits per heavy atom. The van der Waals surface area contributed by atoms with Crippen LogP contribution in [0.1, 0.15) is 0 Å². The molecule has 0 N–H and O–H groups in total. The van der Waals surface area contributed by atoms with E-state index < -0.39 is 26.3 Å². The third kappa shape index (κ3) is 4.14. The molecule has 1 aromatic heterocycles. The van der Waals surface area contributed by atoms with Gasteiger partial charge in [0.25, 0.3) is 9.05 Å². The highest BCUT2D eigenvalue weighted by atomic mass is 79.9. The topological polar surface area (TPSA) is 56.3 Å². The lowest BCUT2D eigenvalue weighted by molar-refractivity contribution is -0.276. The Bertz CT molecular complexity index is 504. The van der Waals surface area contributed by atoms with E-state index in [1.54, 1.807) is 0 Å². The van der Waals surface area contributed by atoms with E-state index in [9.17, 15) is 21.6 Å². The van der Waals surface area contributed by atoms with Crippen molar-refractivity contribution in [2.45, 2.75) is 11.4 Å². The van der Waals surface area contributed by atoms with Gasteiger partial charge in [-0.2, -0.15) is 0 Å². The number of alkyl halides is 3. The Morgan fingerprint density at radius 1 is 1.38 bits per heavy atom. The van der Waals surface area contributed by atoms with Crippen molar-refractivity contribution >= 4 is 35.7 Å². The highest BCUT2D eigenvalue weighted by Crippen LogP contribution is 2.26. The van der Waals surface area contributed by atoms with Crippen molar-refractivity contribution < 1.29 is 26.3 Å². The normalized spacial score (nSPS) is 12.6. The summed E-state index contributed by atoms with van der Waals surface area (Å²) in [6, 6.07) is 1.81. The molecule has 0 aromatic carbocycles. The fraction of sp³-hybridized carbons (Fsp3) is 0.167. The molecule has 0 amide bonds. The zero-order valence-corrected chi connectivity index (χ0v) is 10.3. The van der Waals surface area contributed by atoms with E-state index in [-0.39, 0.29) is 4.47 Å². The van der Waals surface area contributed by atoms with E-state index in [4.69, 9.17) is 10.7 Å². The zero-order valence-electron chi connectivity index (χ0n) is 7.12. The lowest BCUT2D eigenvalue weighted by Crippen LogP contribution is -2.18. The summed E-state index contributed by atoms with van der Waals surface area (Å²) in [5.41, 5.74) is 0. The maximum atomic E-state index is 11.8. The number of ether oxygens (including phenoxy) is 1. The van der Waals surface area contributed by atoms with Gasteiger partial charge in [0.2, 0.25) is 5.88 Å². The molecule has 0 unspecified atom stereocenters. The molecule has 0 spiro atoms. The van der Waals surface area contributed by atoms with Gasteiger partial charge in [-0.15, -0.1) is 13.2 Å². The molecular formula is C6H2BrClF3NO3S. The second-order valence-corrected chi connectivity index (χ2v) is 5.88. The van der Waals surface area contributed by atoms with Gasteiger partial charge in [-0.3, -0.25) is 0 Å². The molecule has 1 rings (SSSR count). The molecule has 0 atom stereocenters. The first-order chi connectivity index (χ1) is 7.08. The highest BCUT2D eigenvalue weighted by molar-refractivity contribution is 9.10. The van der Waals surface area contributed by atoms with Crippen molar-refractivity contribution in [1.82, 2.24) is 4.98 Å². The van der Waals surface area contributed by atoms with Gasteiger partial charge >= 0.3 is 6.36 Å². The van der Waals surface area contributed by atoms with Crippen LogP contribution in [0, 0.1) is 0 Å². The molecule has 0 radical (unpaired) electrons. The number of pyridine rings is 1. The van der Waals surface area contributed by atoms with Crippen molar-refractivity contribution in [3.05, 3.63) is 16.6 Å². The summed E-state index contributed by atoms with van der Waals surface area (Å²) in [6.45, 7) is 0. The molecule has 0 aliphatic carbocycles. The summed E-state index contributed by atoms with van der Waals surface area (Å²) in [7, 11) is 0.706. The second kappa shape index (κ2) is 4.38. The van der Waals surface area contributed by atoms with E-state index in [1.807, 2.05) is 0 Å². The molecule has 0 fully saturated rings. The molecule has 1 aromatic rings. The van der Waals surface area contributed by atoms with Crippen LogP contribution >= 0.6 is 26.6 Å². The molecule has 4 nitrogen and oxygen atoms in total. The van der Waals surface area contributed by atoms with Crippen molar-refractivity contribution in [3.8, 4) is 5.88 Å². The third-order valence-corrected chi connectivity index (χ3v) is 2.85. The van der Waals surface area contributed by atoms with Crippen molar-refractivity contribution in [2.75, 3.05) is 0 Å². The first kappa shape index (κ1) is 13.5. The molecule has 1 heterocycles. The average molecular weight is 341 g/mol. The molecule has 10 heteroatoms. The van der Waals surface area contributed by atoms with Gasteiger partial charge < -0.3 is 4.74 Å². The van der Waals surface area contributed by atoms with E-state index >= 15 is 0 Å². The Morgan fingerprint density at radius 3 is 2.38 bits per heavy atom. The van der Waals surface area contributed by atoms with Crippen molar-refractivity contribution in [3.63, 3.8) is 0 Å². The molecule has 0 aliphatic rings. The van der Waals surface area contributed by atoms with Gasteiger partial charge in [0.05, 0.1) is 0 Å². The summed E-state index contributed by atoms with van der Waals surface area (Å²) in [4.78, 5) is 3.10. The van der Waals surface area contributed by atoms with Crippen LogP contribution in [0.5, 0.6) is 5.88 Å². The first-order valence-corrected chi connectivity index (χ1v) is 6.56. The van der Waals surface area contributed by atoms with Crippen LogP contribution in [0.25, 0.3) is 0 Å². The first-order valence-electron chi connectivity index (χ1n) is 3.46. The van der Waals surface area contributed by atoms with Gasteiger partial charge in [-0.1, -0.05) is 15.9 Å². The van der Waals surface area contributed by atoms with Gasteiger partial charge in [-0.25, -0.2) is 13.4 Å². The summed E-state index contributed by atoms with van der Waals surface area (Å²) in [5, 5.41) is -0.734. The summed E-state index contributed by atoms with van der Waals surface area (Å²) in [5.74, 6) is -0.916. The third-order valence-electron chi connectivity index (χ3n) is 1.21. The maximum Gasteiger partial charge on any atom is 0.574 e. The van der Waals surface area contributed by atoms with Crippen LogP contribution in [-0.4, -0.2) is 19.8 Å². The monoisotopic (exact) mass is 339 g/mol. The predicted octanol–water partition coefficient (Wildman–Crippen LogP) is 2.67. The fourth-order valence-electron chi connectivity index (χ4n) is 0.746. The summed E-state index contributed by atoms with van der Waals surface area (Å²) < 4.78 is 60.7. The van der Waals surface area contributed by atoms with Gasteiger partial charge in [0, 0.05) is 21.2 Å². The Hall–Kier alpha value is -0.540. The van der Waals surface area contributed by atoms with E-state index in [0.717, 1.165) is 12.1 Å². The van der Waals surface area contributed by atoms with E-state index in [1.165, 1.54) is 0 Å². The van der Waals surface area contributed by atoms with Crippen LogP contribution in [0.4, 0.5) is 13.2 Å². The second-order valence-electron chi connectivity index (χ2n) is 2.45. The van der Waals surface area contributed by atoms with Gasteiger partial charge in [0.1, 0.15) is 0 Å². The lowest BCUT2D eigenvalue weighted by atomic mass is 10.5. The number of hydrogen-bond donors (Lipinski definition) is 0. The average Bonchev–Trinajstić information content (AvgIpc) is 1.97. The van der Waals surface area contributed by atoms with Crippen molar-refractivity contribution in [1.29, 1.82) is 0 Å². The Balaban J connectivity index is 3.19. The fourth-order valence-corrected chi connectivity index (χ4v) is 2.01. The maximum absolute atomic E-state index is 11.8. The molecule has 0 saturated carbocycles. The predicted molar refractivity (Wildman–Crippen MR) is 51.7 cm³/mol. The Kier molecular flexibility index (Phi) is 3.70. The Labute approximate surface area is 101 Å². The van der Waals surface area contributed by atoms with Crippen LogP contribution in [0.3, 0.4) is 0 Å². The van der Waals surface area contributed by atoms with Crippen LogP contribution < -0.4 is 4.74 Å². The number of hydrogen-bond acceptors (Lipinski definition) is 4. The van der Waals surface area contributed by atoms with Gasteiger partial charge in [0.15, 0.2) is 5.03 Å². The molecular weight excluding hydrogens is 338 g/mol. The molecule has 0 aliphatic heterocycles. The lowest BCUT2D eigenvalue weighted by Gasteiger charge is -2.08. The number of halogens is 5. The smallest absolute Gasteiger partial charge is 0.388 e. The number of nitrogens with zero attached hydrogens (tertiary/aromatic N) is 1.